The number of piperidine rings is 1. The molecule has 2 heterocycles. The van der Waals surface area contributed by atoms with Crippen molar-refractivity contribution < 1.29 is 19.1 Å². The van der Waals surface area contributed by atoms with E-state index in [-0.39, 0.29) is 18.0 Å². The molecule has 1 saturated heterocycles. The number of esters is 1. The number of pyridine rings is 1. The van der Waals surface area contributed by atoms with Crippen molar-refractivity contribution in [3.63, 3.8) is 0 Å². The Morgan fingerprint density at radius 1 is 1.26 bits per heavy atom. The first-order valence-corrected chi connectivity index (χ1v) is 9.48. The minimum Gasteiger partial charge on any atom is -0.466 e. The molecule has 1 atom stereocenters. The molecule has 2 N–H and O–H groups in total. The Kier molecular flexibility index (Phi) is 6.81. The molecule has 1 unspecified atom stereocenters. The third-order valence-electron chi connectivity index (χ3n) is 5.00. The normalized spacial score (nSPS) is 17.9. The summed E-state index contributed by atoms with van der Waals surface area (Å²) in [5.41, 5.74) is 5.75. The summed E-state index contributed by atoms with van der Waals surface area (Å²) in [4.78, 5) is 31.1. The highest BCUT2D eigenvalue weighted by Gasteiger charge is 2.49. The smallest absolute Gasteiger partial charge is 0.410 e. The fourth-order valence-electron chi connectivity index (χ4n) is 3.66. The molecule has 1 aliphatic rings. The largest absolute Gasteiger partial charge is 0.466 e. The minimum atomic E-state index is -0.759. The Hall–Kier alpha value is -2.15. The average molecular weight is 377 g/mol. The Labute approximate surface area is 161 Å². The van der Waals surface area contributed by atoms with Gasteiger partial charge in [0.15, 0.2) is 0 Å². The van der Waals surface area contributed by atoms with Crippen LogP contribution in [0, 0.1) is 5.41 Å². The van der Waals surface area contributed by atoms with E-state index in [0.717, 1.165) is 5.56 Å². The molecule has 0 spiro atoms. The molecule has 0 aliphatic carbocycles. The van der Waals surface area contributed by atoms with Crippen LogP contribution in [0.1, 0.15) is 52.0 Å². The summed E-state index contributed by atoms with van der Waals surface area (Å²) in [5, 5.41) is 0. The lowest BCUT2D eigenvalue weighted by atomic mass is 9.66. The van der Waals surface area contributed by atoms with Gasteiger partial charge in [0.05, 0.1) is 12.0 Å². The van der Waals surface area contributed by atoms with Crippen LogP contribution < -0.4 is 5.73 Å². The molecule has 7 nitrogen and oxygen atoms in total. The molecule has 0 aromatic carbocycles. The highest BCUT2D eigenvalue weighted by atomic mass is 16.6. The van der Waals surface area contributed by atoms with E-state index < -0.39 is 11.0 Å². The first-order chi connectivity index (χ1) is 12.7. The number of nitrogens with two attached hydrogens (primary N) is 1. The van der Waals surface area contributed by atoms with Crippen LogP contribution in [0.2, 0.25) is 0 Å². The summed E-state index contributed by atoms with van der Waals surface area (Å²) in [6, 6.07) is 3.78. The number of nitrogens with zero attached hydrogens (tertiary/aromatic N) is 2. The lowest BCUT2D eigenvalue weighted by Gasteiger charge is -2.44. The van der Waals surface area contributed by atoms with E-state index in [1.54, 1.807) is 24.2 Å². The van der Waals surface area contributed by atoms with Gasteiger partial charge in [0.1, 0.15) is 5.60 Å². The van der Waals surface area contributed by atoms with Gasteiger partial charge in [-0.05, 0) is 58.2 Å². The molecule has 0 bridgehead atoms. The van der Waals surface area contributed by atoms with Gasteiger partial charge in [0.25, 0.3) is 0 Å². The molecule has 1 aromatic rings. The number of carbonyl (C=O) groups excluding carboxylic acids is 2. The zero-order valence-corrected chi connectivity index (χ0v) is 16.7. The molecule has 2 rings (SSSR count). The molecule has 1 amide bonds. The van der Waals surface area contributed by atoms with Crippen molar-refractivity contribution in [2.24, 2.45) is 11.1 Å². The lowest BCUT2D eigenvalue weighted by Crippen LogP contribution is -2.52. The van der Waals surface area contributed by atoms with Crippen LogP contribution in [0.3, 0.4) is 0 Å². The van der Waals surface area contributed by atoms with Crippen LogP contribution in [0.15, 0.2) is 24.5 Å². The molecule has 1 aromatic heterocycles. The summed E-state index contributed by atoms with van der Waals surface area (Å²) in [7, 11) is 0. The first kappa shape index (κ1) is 21.2. The number of hydrogen-bond donors (Lipinski definition) is 1. The standard InChI is InChI=1S/C20H31N3O4/c1-5-26-17(24)20(16(14-21)15-6-10-22-11-7-15)8-12-23(13-9-20)18(25)27-19(2,3)4/h6-7,10-11,16H,5,8-9,12-14,21H2,1-4H3. The summed E-state index contributed by atoms with van der Waals surface area (Å²) in [6.07, 6.45) is 4.01. The minimum absolute atomic E-state index is 0.194. The van der Waals surface area contributed by atoms with Crippen molar-refractivity contribution in [3.05, 3.63) is 30.1 Å². The maximum atomic E-state index is 13.0. The summed E-state index contributed by atoms with van der Waals surface area (Å²) >= 11 is 0. The van der Waals surface area contributed by atoms with Crippen molar-refractivity contribution in [3.8, 4) is 0 Å². The van der Waals surface area contributed by atoms with E-state index in [1.165, 1.54) is 0 Å². The number of aromatic nitrogens is 1. The molecular formula is C20H31N3O4. The van der Waals surface area contributed by atoms with Crippen LogP contribution in [0.25, 0.3) is 0 Å². The Morgan fingerprint density at radius 2 is 1.85 bits per heavy atom. The second-order valence-electron chi connectivity index (χ2n) is 7.91. The van der Waals surface area contributed by atoms with Gasteiger partial charge in [-0.3, -0.25) is 9.78 Å². The van der Waals surface area contributed by atoms with Crippen LogP contribution in [-0.4, -0.2) is 53.8 Å². The predicted octanol–water partition coefficient (Wildman–Crippen LogP) is 2.70. The number of rotatable bonds is 5. The van der Waals surface area contributed by atoms with Crippen LogP contribution >= 0.6 is 0 Å². The first-order valence-electron chi connectivity index (χ1n) is 9.48. The second kappa shape index (κ2) is 8.69. The van der Waals surface area contributed by atoms with Crippen LogP contribution in [0.5, 0.6) is 0 Å². The SMILES string of the molecule is CCOC(=O)C1(C(CN)c2ccncc2)CCN(C(=O)OC(C)(C)C)CC1. The third-order valence-corrected chi connectivity index (χ3v) is 5.00. The molecule has 1 fully saturated rings. The van der Waals surface area contributed by atoms with Gasteiger partial charge >= 0.3 is 12.1 Å². The maximum absolute atomic E-state index is 13.0. The number of likely N-dealkylation sites (tertiary alicyclic amines) is 1. The van der Waals surface area contributed by atoms with Gasteiger partial charge in [-0.2, -0.15) is 0 Å². The van der Waals surface area contributed by atoms with Crippen molar-refractivity contribution in [1.82, 2.24) is 9.88 Å². The molecule has 27 heavy (non-hydrogen) atoms. The van der Waals surface area contributed by atoms with E-state index in [1.807, 2.05) is 32.9 Å². The molecule has 1 aliphatic heterocycles. The zero-order chi connectivity index (χ0) is 20.1. The zero-order valence-electron chi connectivity index (χ0n) is 16.7. The number of carbonyl (C=O) groups is 2. The average Bonchev–Trinajstić information content (AvgIpc) is 2.62. The van der Waals surface area contributed by atoms with Crippen molar-refractivity contribution >= 4 is 12.1 Å². The number of hydrogen-bond acceptors (Lipinski definition) is 6. The third kappa shape index (κ3) is 4.97. The van der Waals surface area contributed by atoms with Crippen LogP contribution in [0.4, 0.5) is 4.79 Å². The summed E-state index contributed by atoms with van der Waals surface area (Å²) < 4.78 is 10.9. The number of ether oxygens (including phenoxy) is 2. The molecule has 0 radical (unpaired) electrons. The molecule has 150 valence electrons. The fourth-order valence-corrected chi connectivity index (χ4v) is 3.66. The van der Waals surface area contributed by atoms with E-state index in [9.17, 15) is 9.59 Å². The van der Waals surface area contributed by atoms with E-state index in [0.29, 0.717) is 39.1 Å². The monoisotopic (exact) mass is 377 g/mol. The van der Waals surface area contributed by atoms with Gasteiger partial charge in [-0.1, -0.05) is 0 Å². The predicted molar refractivity (Wildman–Crippen MR) is 102 cm³/mol. The van der Waals surface area contributed by atoms with Crippen molar-refractivity contribution in [2.45, 2.75) is 52.1 Å². The molecule has 0 saturated carbocycles. The van der Waals surface area contributed by atoms with Gasteiger partial charge in [-0.15, -0.1) is 0 Å². The fraction of sp³-hybridized carbons (Fsp3) is 0.650. The van der Waals surface area contributed by atoms with Gasteiger partial charge < -0.3 is 20.1 Å². The summed E-state index contributed by atoms with van der Waals surface area (Å²) in [6.45, 7) is 8.79. The van der Waals surface area contributed by atoms with Crippen molar-refractivity contribution in [2.75, 3.05) is 26.2 Å². The second-order valence-corrected chi connectivity index (χ2v) is 7.91. The van der Waals surface area contributed by atoms with Gasteiger partial charge in [0.2, 0.25) is 0 Å². The van der Waals surface area contributed by atoms with Gasteiger partial charge in [0, 0.05) is 37.9 Å². The molecule has 7 heteroatoms. The highest BCUT2D eigenvalue weighted by molar-refractivity contribution is 5.79. The van der Waals surface area contributed by atoms with E-state index in [4.69, 9.17) is 15.2 Å². The topological polar surface area (TPSA) is 94.8 Å². The Bertz CT molecular complexity index is 634. The van der Waals surface area contributed by atoms with Crippen molar-refractivity contribution in [1.29, 1.82) is 0 Å². The Balaban J connectivity index is 2.24. The quantitative estimate of drug-likeness (QED) is 0.793. The summed E-state index contributed by atoms with van der Waals surface area (Å²) in [5.74, 6) is -0.443. The van der Waals surface area contributed by atoms with Crippen LogP contribution in [-0.2, 0) is 14.3 Å². The number of amides is 1. The van der Waals surface area contributed by atoms with Gasteiger partial charge in [-0.25, -0.2) is 4.79 Å². The molecular weight excluding hydrogens is 346 g/mol. The maximum Gasteiger partial charge on any atom is 0.410 e. The van der Waals surface area contributed by atoms with E-state index in [2.05, 4.69) is 4.98 Å². The van der Waals surface area contributed by atoms with E-state index >= 15 is 0 Å². The highest BCUT2D eigenvalue weighted by Crippen LogP contribution is 2.45. The lowest BCUT2D eigenvalue weighted by molar-refractivity contribution is -0.160. The Morgan fingerprint density at radius 3 is 2.33 bits per heavy atom.